The Morgan fingerprint density at radius 2 is 0.675 bits per heavy atom. The lowest BCUT2D eigenvalue weighted by atomic mass is 9.99. The Morgan fingerprint density at radius 1 is 0.275 bits per heavy atom. The van der Waals surface area contributed by atoms with E-state index in [0.29, 0.717) is 17.5 Å². The molecule has 3 nitrogen and oxygen atoms in total. The smallest absolute Gasteiger partial charge is 0.164 e. The highest BCUT2D eigenvalue weighted by Gasteiger charge is 2.14. The summed E-state index contributed by atoms with van der Waals surface area (Å²) in [7, 11) is 0. The van der Waals surface area contributed by atoms with Gasteiger partial charge in [0.25, 0.3) is 0 Å². The van der Waals surface area contributed by atoms with Crippen molar-refractivity contribution in [1.82, 2.24) is 15.0 Å². The quantitative estimate of drug-likeness (QED) is 0.223. The number of aromatic nitrogens is 3. The Morgan fingerprint density at radius 3 is 1.20 bits per heavy atom. The third kappa shape index (κ3) is 3.79. The minimum absolute atomic E-state index is 0.664. The van der Waals surface area contributed by atoms with Gasteiger partial charge in [-0.2, -0.15) is 0 Å². The zero-order valence-electron chi connectivity index (χ0n) is 21.6. The molecule has 0 aliphatic carbocycles. The third-order valence-electron chi connectivity index (χ3n) is 7.67. The maximum atomic E-state index is 5.02. The van der Waals surface area contributed by atoms with Gasteiger partial charge in [-0.05, 0) is 55.2 Å². The first-order chi connectivity index (χ1) is 19.8. The Labute approximate surface area is 231 Å². The number of benzene rings is 7. The molecule has 0 saturated carbocycles. The van der Waals surface area contributed by atoms with Gasteiger partial charge in [0.2, 0.25) is 0 Å². The maximum Gasteiger partial charge on any atom is 0.164 e. The topological polar surface area (TPSA) is 38.7 Å². The van der Waals surface area contributed by atoms with E-state index < -0.39 is 0 Å². The lowest BCUT2D eigenvalue weighted by Crippen LogP contribution is -2.00. The van der Waals surface area contributed by atoms with Gasteiger partial charge < -0.3 is 0 Å². The van der Waals surface area contributed by atoms with E-state index in [-0.39, 0.29) is 0 Å². The first-order valence-electron chi connectivity index (χ1n) is 13.5. The summed E-state index contributed by atoms with van der Waals surface area (Å²) in [6, 6.07) is 48.8. The molecule has 3 heteroatoms. The van der Waals surface area contributed by atoms with Gasteiger partial charge in [-0.15, -0.1) is 0 Å². The van der Waals surface area contributed by atoms with Crippen LogP contribution in [-0.4, -0.2) is 15.0 Å². The standard InChI is InChI=1S/C37H23N3/c1-2-10-26(11-3-1)35-38-36(29-18-20-33-27(22-29)16-14-24-8-4-6-12-31(24)33)40-37(39-35)30-19-21-34-28(23-30)17-15-25-9-5-7-13-32(25)34/h1-23H. The van der Waals surface area contributed by atoms with Crippen molar-refractivity contribution in [3.63, 3.8) is 0 Å². The minimum Gasteiger partial charge on any atom is -0.208 e. The van der Waals surface area contributed by atoms with Crippen LogP contribution in [0.25, 0.3) is 77.3 Å². The second kappa shape index (κ2) is 9.11. The molecule has 0 amide bonds. The maximum absolute atomic E-state index is 5.02. The third-order valence-corrected chi connectivity index (χ3v) is 7.67. The highest BCUT2D eigenvalue weighted by molar-refractivity contribution is 6.09. The van der Waals surface area contributed by atoms with Crippen molar-refractivity contribution in [3.05, 3.63) is 140 Å². The highest BCUT2D eigenvalue weighted by atomic mass is 15.0. The molecule has 0 fully saturated rings. The SMILES string of the molecule is c1ccc(-c2nc(-c3ccc4c(ccc5ccccc54)c3)nc(-c3ccc4c(ccc5ccccc54)c3)n2)cc1. The Balaban J connectivity index is 1.32. The molecule has 0 unspecified atom stereocenters. The van der Waals surface area contributed by atoms with E-state index >= 15 is 0 Å². The summed E-state index contributed by atoms with van der Waals surface area (Å²) in [5.74, 6) is 1.99. The van der Waals surface area contributed by atoms with Crippen LogP contribution in [0.1, 0.15) is 0 Å². The molecule has 0 bridgehead atoms. The molecule has 0 saturated heterocycles. The number of rotatable bonds is 3. The summed E-state index contributed by atoms with van der Waals surface area (Å²) in [4.78, 5) is 14.9. The molecule has 0 atom stereocenters. The Kier molecular flexibility index (Phi) is 5.14. The zero-order valence-corrected chi connectivity index (χ0v) is 21.6. The number of nitrogens with zero attached hydrogens (tertiary/aromatic N) is 3. The molecule has 0 radical (unpaired) electrons. The highest BCUT2D eigenvalue weighted by Crippen LogP contribution is 2.32. The minimum atomic E-state index is 0.664. The summed E-state index contributed by atoms with van der Waals surface area (Å²) in [5.41, 5.74) is 2.90. The van der Waals surface area contributed by atoms with Gasteiger partial charge >= 0.3 is 0 Å². The van der Waals surface area contributed by atoms with Crippen LogP contribution in [-0.2, 0) is 0 Å². The number of hydrogen-bond acceptors (Lipinski definition) is 3. The van der Waals surface area contributed by atoms with Crippen LogP contribution in [0.3, 0.4) is 0 Å². The van der Waals surface area contributed by atoms with Crippen LogP contribution in [0.5, 0.6) is 0 Å². The lowest BCUT2D eigenvalue weighted by molar-refractivity contribution is 1.08. The van der Waals surface area contributed by atoms with Crippen LogP contribution >= 0.6 is 0 Å². The fourth-order valence-corrected chi connectivity index (χ4v) is 5.65. The van der Waals surface area contributed by atoms with E-state index in [1.165, 1.54) is 32.3 Å². The summed E-state index contributed by atoms with van der Waals surface area (Å²) in [6.45, 7) is 0. The molecule has 0 aliphatic rings. The average molecular weight is 510 g/mol. The largest absolute Gasteiger partial charge is 0.208 e. The van der Waals surface area contributed by atoms with E-state index in [9.17, 15) is 0 Å². The molecule has 8 rings (SSSR count). The van der Waals surface area contributed by atoms with Crippen LogP contribution in [0.2, 0.25) is 0 Å². The van der Waals surface area contributed by atoms with Crippen molar-refractivity contribution >= 4 is 43.1 Å². The van der Waals surface area contributed by atoms with Crippen molar-refractivity contribution in [3.8, 4) is 34.2 Å². The summed E-state index contributed by atoms with van der Waals surface area (Å²) in [6.07, 6.45) is 0. The lowest BCUT2D eigenvalue weighted by Gasteiger charge is -2.11. The fraction of sp³-hybridized carbons (Fsp3) is 0. The van der Waals surface area contributed by atoms with Crippen molar-refractivity contribution in [2.45, 2.75) is 0 Å². The van der Waals surface area contributed by atoms with Crippen molar-refractivity contribution in [2.24, 2.45) is 0 Å². The van der Waals surface area contributed by atoms with Gasteiger partial charge in [0.1, 0.15) is 0 Å². The first-order valence-corrected chi connectivity index (χ1v) is 13.5. The fourth-order valence-electron chi connectivity index (χ4n) is 5.65. The normalized spacial score (nSPS) is 11.5. The Hall–Kier alpha value is -5.41. The predicted molar refractivity (Wildman–Crippen MR) is 166 cm³/mol. The first kappa shape index (κ1) is 22.6. The molecule has 1 aromatic heterocycles. The molecular formula is C37H23N3. The van der Waals surface area contributed by atoms with E-state index in [0.717, 1.165) is 27.5 Å². The predicted octanol–water partition coefficient (Wildman–Crippen LogP) is 9.49. The molecule has 0 aliphatic heterocycles. The zero-order chi connectivity index (χ0) is 26.5. The molecule has 186 valence electrons. The van der Waals surface area contributed by atoms with E-state index in [4.69, 9.17) is 15.0 Å². The van der Waals surface area contributed by atoms with Crippen LogP contribution < -0.4 is 0 Å². The molecule has 0 spiro atoms. The summed E-state index contributed by atoms with van der Waals surface area (Å²) in [5, 5.41) is 9.74. The van der Waals surface area contributed by atoms with E-state index in [1.54, 1.807) is 0 Å². The molecule has 40 heavy (non-hydrogen) atoms. The average Bonchev–Trinajstić information content (AvgIpc) is 3.04. The van der Waals surface area contributed by atoms with Crippen molar-refractivity contribution < 1.29 is 0 Å². The van der Waals surface area contributed by atoms with Crippen LogP contribution in [0.4, 0.5) is 0 Å². The molecule has 7 aromatic carbocycles. The van der Waals surface area contributed by atoms with Gasteiger partial charge in [0, 0.05) is 16.7 Å². The second-order valence-corrected chi connectivity index (χ2v) is 10.1. The molecular weight excluding hydrogens is 486 g/mol. The van der Waals surface area contributed by atoms with E-state index in [2.05, 4.69) is 109 Å². The van der Waals surface area contributed by atoms with E-state index in [1.807, 2.05) is 30.3 Å². The Bertz CT molecular complexity index is 2080. The van der Waals surface area contributed by atoms with Gasteiger partial charge in [-0.25, -0.2) is 15.0 Å². The van der Waals surface area contributed by atoms with Gasteiger partial charge in [0.15, 0.2) is 17.5 Å². The monoisotopic (exact) mass is 509 g/mol. The molecule has 1 heterocycles. The summed E-state index contributed by atoms with van der Waals surface area (Å²) >= 11 is 0. The van der Waals surface area contributed by atoms with Gasteiger partial charge in [0.05, 0.1) is 0 Å². The molecule has 8 aromatic rings. The van der Waals surface area contributed by atoms with Crippen molar-refractivity contribution in [2.75, 3.05) is 0 Å². The van der Waals surface area contributed by atoms with Crippen LogP contribution in [0.15, 0.2) is 140 Å². The number of hydrogen-bond donors (Lipinski definition) is 0. The second-order valence-electron chi connectivity index (χ2n) is 10.1. The van der Waals surface area contributed by atoms with Crippen molar-refractivity contribution in [1.29, 1.82) is 0 Å². The van der Waals surface area contributed by atoms with Gasteiger partial charge in [-0.3, -0.25) is 0 Å². The van der Waals surface area contributed by atoms with Gasteiger partial charge in [-0.1, -0.05) is 127 Å². The van der Waals surface area contributed by atoms with Crippen LogP contribution in [0, 0.1) is 0 Å². The number of fused-ring (bicyclic) bond motifs is 6. The summed E-state index contributed by atoms with van der Waals surface area (Å²) < 4.78 is 0. The molecule has 0 N–H and O–H groups in total.